The average molecular weight is 1140 g/mol. The van der Waals surface area contributed by atoms with Crippen LogP contribution < -0.4 is 0 Å². The Labute approximate surface area is 448 Å². The molecule has 0 fully saturated rings. The van der Waals surface area contributed by atoms with Crippen molar-refractivity contribution < 1.29 is 24.5 Å². The summed E-state index contributed by atoms with van der Waals surface area (Å²) in [5, 5.41) is 2.18. The third kappa shape index (κ3) is 9.23. The van der Waals surface area contributed by atoms with Crippen LogP contribution >= 0.6 is 0 Å². The molecule has 5 nitrogen and oxygen atoms in total. The Morgan fingerprint density at radius 1 is 0.405 bits per heavy atom. The first-order valence-corrected chi connectivity index (χ1v) is 25.8. The summed E-state index contributed by atoms with van der Waals surface area (Å²) < 4.78 is 11.2. The number of hydrogen-bond acceptors (Lipinski definition) is 3. The van der Waals surface area contributed by atoms with Crippen LogP contribution in [0.15, 0.2) is 199 Å². The van der Waals surface area contributed by atoms with E-state index in [0.717, 1.165) is 66.8 Å². The van der Waals surface area contributed by atoms with Crippen LogP contribution in [0.2, 0.25) is 0 Å². The predicted molar refractivity (Wildman–Crippen MR) is 305 cm³/mol. The summed E-state index contributed by atoms with van der Waals surface area (Å²) in [6.07, 6.45) is 0. The molecule has 12 rings (SSSR count). The summed E-state index contributed by atoms with van der Waals surface area (Å²) in [7, 11) is 0. The summed E-state index contributed by atoms with van der Waals surface area (Å²) in [4.78, 5) is 10.3. The second kappa shape index (κ2) is 21.1. The van der Waals surface area contributed by atoms with Crippen LogP contribution in [0.3, 0.4) is 0 Å². The molecule has 0 aliphatic rings. The minimum absolute atomic E-state index is 0. The minimum Gasteiger partial charge on any atom is -0.501 e. The monoisotopic (exact) mass is 1140 g/mol. The molecule has 0 amide bonds. The van der Waals surface area contributed by atoms with Gasteiger partial charge in [0.15, 0.2) is 0 Å². The van der Waals surface area contributed by atoms with Crippen LogP contribution in [-0.2, 0) is 20.1 Å². The summed E-state index contributed by atoms with van der Waals surface area (Å²) in [6, 6.07) is 75.0. The van der Waals surface area contributed by atoms with Gasteiger partial charge in [0.2, 0.25) is 0 Å². The van der Waals surface area contributed by atoms with Crippen molar-refractivity contribution in [2.24, 2.45) is 0 Å². The van der Waals surface area contributed by atoms with E-state index in [4.69, 9.17) is 14.4 Å². The van der Waals surface area contributed by atoms with E-state index >= 15 is 0 Å². The van der Waals surface area contributed by atoms with E-state index in [1.807, 2.05) is 30.3 Å². The standard InChI is InChI=1S/C37H31N2O.C31H29N2.Ir/c1-23(2)30-21-26(25-13-6-5-7-14-25)22-31(24(3)4)35(30)39-33-19-10-9-18-32(33)38-37(39)29-17-12-16-28-27-15-8-11-20-34(27)40-36(28)29;1-21(2)26-19-25(23-13-7-5-8-14-23)20-27(22(3)4)30(26)33-29-18-12-11-17-28(29)32-31(33)24-15-9-6-10-16-24;/h5-16,18-24H,1-4H3;5-15,17-22H,1-4H3;/q2*-1;. The molecule has 0 saturated carbocycles. The Bertz CT molecular complexity index is 3860. The molecule has 1 radical (unpaired) electrons. The van der Waals surface area contributed by atoms with Crippen LogP contribution in [0.25, 0.3) is 100 Å². The predicted octanol–water partition coefficient (Wildman–Crippen LogP) is 18.7. The molecule has 6 heteroatoms. The zero-order valence-corrected chi connectivity index (χ0v) is 45.7. The van der Waals surface area contributed by atoms with E-state index in [1.165, 1.54) is 55.9 Å². The van der Waals surface area contributed by atoms with Crippen molar-refractivity contribution in [3.63, 3.8) is 0 Å². The van der Waals surface area contributed by atoms with Gasteiger partial charge >= 0.3 is 0 Å². The number of imidazole rings is 2. The summed E-state index contributed by atoms with van der Waals surface area (Å²) in [5.74, 6) is 3.10. The number of furan rings is 1. The normalized spacial score (nSPS) is 11.6. The number of aromatic nitrogens is 4. The first-order chi connectivity index (χ1) is 35.5. The fourth-order valence-electron chi connectivity index (χ4n) is 10.5. The average Bonchev–Trinajstić information content (AvgIpc) is 4.13. The Morgan fingerprint density at radius 3 is 1.35 bits per heavy atom. The Balaban J connectivity index is 0.000000170. The fourth-order valence-corrected chi connectivity index (χ4v) is 10.5. The van der Waals surface area contributed by atoms with Crippen LogP contribution in [0.1, 0.15) is 101 Å². The van der Waals surface area contributed by atoms with Crippen LogP contribution in [-0.4, -0.2) is 19.1 Å². The second-order valence-electron chi connectivity index (χ2n) is 20.3. The van der Waals surface area contributed by atoms with Crippen LogP contribution in [0.5, 0.6) is 0 Å². The van der Waals surface area contributed by atoms with Crippen molar-refractivity contribution in [3.05, 3.63) is 229 Å². The van der Waals surface area contributed by atoms with E-state index in [9.17, 15) is 0 Å². The summed E-state index contributed by atoms with van der Waals surface area (Å²) in [6.45, 7) is 18.3. The molecule has 0 unspecified atom stereocenters. The number of hydrogen-bond donors (Lipinski definition) is 0. The smallest absolute Gasteiger partial charge is 0.120 e. The maximum atomic E-state index is 6.47. The zero-order valence-electron chi connectivity index (χ0n) is 43.3. The summed E-state index contributed by atoms with van der Waals surface area (Å²) >= 11 is 0. The van der Waals surface area contributed by atoms with Crippen molar-refractivity contribution >= 4 is 44.0 Å². The topological polar surface area (TPSA) is 48.8 Å². The maximum Gasteiger partial charge on any atom is 0.120 e. The number of rotatable bonds is 10. The molecular weight excluding hydrogens is 1080 g/mol. The molecule has 9 aromatic carbocycles. The Morgan fingerprint density at radius 2 is 0.851 bits per heavy atom. The fraction of sp³-hybridized carbons (Fsp3) is 0.176. The molecule has 3 aromatic heterocycles. The number of para-hydroxylation sites is 5. The van der Waals surface area contributed by atoms with Gasteiger partial charge in [-0.05, 0) is 123 Å². The molecule has 0 bridgehead atoms. The van der Waals surface area contributed by atoms with E-state index in [1.54, 1.807) is 0 Å². The largest absolute Gasteiger partial charge is 0.501 e. The molecule has 12 aromatic rings. The van der Waals surface area contributed by atoms with E-state index in [2.05, 4.69) is 240 Å². The zero-order chi connectivity index (χ0) is 50.3. The van der Waals surface area contributed by atoms with Crippen LogP contribution in [0.4, 0.5) is 0 Å². The van der Waals surface area contributed by atoms with E-state index in [0.29, 0.717) is 23.7 Å². The molecule has 0 saturated heterocycles. The molecule has 0 spiro atoms. The molecule has 369 valence electrons. The van der Waals surface area contributed by atoms with E-state index in [-0.39, 0.29) is 20.1 Å². The second-order valence-corrected chi connectivity index (χ2v) is 20.3. The van der Waals surface area contributed by atoms with Gasteiger partial charge < -0.3 is 13.6 Å². The van der Waals surface area contributed by atoms with E-state index < -0.39 is 0 Å². The van der Waals surface area contributed by atoms with Gasteiger partial charge in [0.1, 0.15) is 5.58 Å². The van der Waals surface area contributed by atoms with Gasteiger partial charge in [0.25, 0.3) is 0 Å². The van der Waals surface area contributed by atoms with Gasteiger partial charge in [-0.15, -0.1) is 54.1 Å². The Hall–Kier alpha value is -7.63. The SMILES string of the molecule is CC(C)c1cc(-c2ccccc2)cc(C(C)C)c1-n1c(-c2[c-]ccc3c2oc2ccccc23)nc2ccccc21.CC(C)c1cc(-c2ccccc2)cc(C(C)C)c1-n1c(-c2[c-]cccc2)nc2ccccc21.[Ir]. The van der Waals surface area contributed by atoms with Crippen molar-refractivity contribution in [1.82, 2.24) is 19.1 Å². The Kier molecular flexibility index (Phi) is 14.2. The molecule has 0 N–H and O–H groups in total. The molecule has 3 heterocycles. The third-order valence-electron chi connectivity index (χ3n) is 14.1. The molecule has 0 aliphatic heterocycles. The van der Waals surface area contributed by atoms with Gasteiger partial charge in [-0.2, -0.15) is 0 Å². The molecular formula is C68H60IrN4O-2. The number of fused-ring (bicyclic) bond motifs is 5. The van der Waals surface area contributed by atoms with Crippen LogP contribution in [0, 0.1) is 12.1 Å². The van der Waals surface area contributed by atoms with Crippen molar-refractivity contribution in [1.29, 1.82) is 0 Å². The third-order valence-corrected chi connectivity index (χ3v) is 14.1. The number of benzene rings is 9. The minimum atomic E-state index is 0. The quantitative estimate of drug-likeness (QED) is 0.128. The maximum absolute atomic E-state index is 6.47. The molecule has 0 aliphatic carbocycles. The van der Waals surface area contributed by atoms with Gasteiger partial charge in [0, 0.05) is 36.9 Å². The van der Waals surface area contributed by atoms with Gasteiger partial charge in [-0.1, -0.05) is 169 Å². The first kappa shape index (κ1) is 49.9. The van der Waals surface area contributed by atoms with Crippen molar-refractivity contribution in [2.75, 3.05) is 0 Å². The molecule has 74 heavy (non-hydrogen) atoms. The molecule has 0 atom stereocenters. The van der Waals surface area contributed by atoms with Gasteiger partial charge in [-0.3, -0.25) is 9.97 Å². The van der Waals surface area contributed by atoms with Gasteiger partial charge in [-0.25, -0.2) is 0 Å². The van der Waals surface area contributed by atoms with Crippen molar-refractivity contribution in [2.45, 2.75) is 79.1 Å². The first-order valence-electron chi connectivity index (χ1n) is 25.8. The van der Waals surface area contributed by atoms with Gasteiger partial charge in [0.05, 0.1) is 39.3 Å². The van der Waals surface area contributed by atoms with Crippen molar-refractivity contribution in [3.8, 4) is 56.4 Å². The summed E-state index contributed by atoms with van der Waals surface area (Å²) in [5.41, 5.74) is 20.4. The number of nitrogens with zero attached hydrogens (tertiary/aromatic N) is 4.